The first-order chi connectivity index (χ1) is 12.8. The van der Waals surface area contributed by atoms with Crippen LogP contribution in [0.5, 0.6) is 0 Å². The molecule has 0 atom stereocenters. The number of hydrogen-bond acceptors (Lipinski definition) is 4. The summed E-state index contributed by atoms with van der Waals surface area (Å²) >= 11 is 0. The maximum atomic E-state index is 12.8. The minimum Gasteiger partial charge on any atom is -0.334 e. The fourth-order valence-corrected chi connectivity index (χ4v) is 2.78. The Kier molecular flexibility index (Phi) is 6.85. The van der Waals surface area contributed by atoms with Gasteiger partial charge in [0.15, 0.2) is 0 Å². The highest BCUT2D eigenvalue weighted by atomic mass is 32.2. The molecular formula is C17H19FN4O4S. The Bertz CT molecular complexity index is 900. The van der Waals surface area contributed by atoms with Gasteiger partial charge in [0.2, 0.25) is 15.9 Å². The number of anilines is 1. The number of halogens is 1. The predicted octanol–water partition coefficient (Wildman–Crippen LogP) is 1.17. The number of amides is 3. The lowest BCUT2D eigenvalue weighted by atomic mass is 10.2. The van der Waals surface area contributed by atoms with Crippen molar-refractivity contribution in [3.05, 3.63) is 59.9 Å². The molecule has 0 aliphatic rings. The maximum absolute atomic E-state index is 12.8. The third kappa shape index (κ3) is 6.35. The van der Waals surface area contributed by atoms with Crippen LogP contribution in [0.25, 0.3) is 0 Å². The van der Waals surface area contributed by atoms with Crippen molar-refractivity contribution in [2.75, 3.05) is 18.9 Å². The average Bonchev–Trinajstić information content (AvgIpc) is 2.66. The van der Waals surface area contributed by atoms with Crippen molar-refractivity contribution in [2.45, 2.75) is 11.4 Å². The fourth-order valence-electron chi connectivity index (χ4n) is 2.05. The number of hydrogen-bond donors (Lipinski definition) is 4. The van der Waals surface area contributed by atoms with E-state index in [4.69, 9.17) is 0 Å². The van der Waals surface area contributed by atoms with E-state index in [2.05, 4.69) is 20.7 Å². The number of nitrogens with one attached hydrogen (secondary N) is 4. The Morgan fingerprint density at radius 1 is 0.963 bits per heavy atom. The van der Waals surface area contributed by atoms with Gasteiger partial charge in [-0.3, -0.25) is 4.79 Å². The Balaban J connectivity index is 1.76. The van der Waals surface area contributed by atoms with Crippen LogP contribution in [-0.2, 0) is 21.4 Å². The van der Waals surface area contributed by atoms with Crippen molar-refractivity contribution in [2.24, 2.45) is 0 Å². The number of sulfonamides is 1. The smallest absolute Gasteiger partial charge is 0.315 e. The molecule has 0 bridgehead atoms. The molecular weight excluding hydrogens is 375 g/mol. The molecule has 27 heavy (non-hydrogen) atoms. The normalized spacial score (nSPS) is 10.9. The molecule has 0 fully saturated rings. The first kappa shape index (κ1) is 20.3. The summed E-state index contributed by atoms with van der Waals surface area (Å²) < 4.78 is 38.2. The van der Waals surface area contributed by atoms with Crippen LogP contribution in [0.2, 0.25) is 0 Å². The monoisotopic (exact) mass is 394 g/mol. The van der Waals surface area contributed by atoms with Crippen LogP contribution in [-0.4, -0.2) is 33.9 Å². The van der Waals surface area contributed by atoms with E-state index in [1.54, 1.807) is 12.1 Å². The lowest BCUT2D eigenvalue weighted by Gasteiger charge is -2.09. The zero-order chi connectivity index (χ0) is 19.9. The third-order valence-electron chi connectivity index (χ3n) is 3.49. The highest BCUT2D eigenvalue weighted by Crippen LogP contribution is 2.13. The van der Waals surface area contributed by atoms with Crippen molar-refractivity contribution in [1.82, 2.24) is 15.4 Å². The van der Waals surface area contributed by atoms with Crippen molar-refractivity contribution in [3.8, 4) is 0 Å². The van der Waals surface area contributed by atoms with Crippen LogP contribution in [0.4, 0.5) is 14.9 Å². The minimum atomic E-state index is -3.55. The summed E-state index contributed by atoms with van der Waals surface area (Å²) in [6.07, 6.45) is 0. The largest absolute Gasteiger partial charge is 0.334 e. The van der Waals surface area contributed by atoms with Crippen LogP contribution in [0.3, 0.4) is 0 Å². The highest BCUT2D eigenvalue weighted by Gasteiger charge is 2.11. The van der Waals surface area contributed by atoms with Gasteiger partial charge in [-0.1, -0.05) is 12.1 Å². The summed E-state index contributed by atoms with van der Waals surface area (Å²) in [5, 5.41) is 7.46. The molecule has 144 valence electrons. The molecule has 0 heterocycles. The minimum absolute atomic E-state index is 0.0706. The van der Waals surface area contributed by atoms with E-state index in [9.17, 15) is 22.4 Å². The fraction of sp³-hybridized carbons (Fsp3) is 0.176. The van der Waals surface area contributed by atoms with Crippen LogP contribution in [0.15, 0.2) is 53.4 Å². The molecule has 0 unspecified atom stereocenters. The molecule has 8 nitrogen and oxygen atoms in total. The van der Waals surface area contributed by atoms with E-state index in [1.165, 1.54) is 43.4 Å². The average molecular weight is 394 g/mol. The topological polar surface area (TPSA) is 116 Å². The van der Waals surface area contributed by atoms with Crippen molar-refractivity contribution in [3.63, 3.8) is 0 Å². The van der Waals surface area contributed by atoms with E-state index in [-0.39, 0.29) is 23.8 Å². The summed E-state index contributed by atoms with van der Waals surface area (Å²) in [6, 6.07) is 10.7. The van der Waals surface area contributed by atoms with Crippen LogP contribution < -0.4 is 20.7 Å². The molecule has 2 aromatic carbocycles. The Labute approximate surface area is 156 Å². The van der Waals surface area contributed by atoms with Gasteiger partial charge in [-0.05, 0) is 49.0 Å². The number of rotatable bonds is 7. The predicted molar refractivity (Wildman–Crippen MR) is 98.0 cm³/mol. The summed E-state index contributed by atoms with van der Waals surface area (Å²) in [4.78, 5) is 23.6. The Hall–Kier alpha value is -2.98. The first-order valence-electron chi connectivity index (χ1n) is 7.90. The molecule has 0 spiro atoms. The lowest BCUT2D eigenvalue weighted by Crippen LogP contribution is -2.39. The Morgan fingerprint density at radius 3 is 2.19 bits per heavy atom. The second-order valence-corrected chi connectivity index (χ2v) is 7.33. The molecule has 0 aromatic heterocycles. The quantitative estimate of drug-likeness (QED) is 0.564. The zero-order valence-electron chi connectivity index (χ0n) is 14.5. The summed E-state index contributed by atoms with van der Waals surface area (Å²) in [5.41, 5.74) is 1.11. The van der Waals surface area contributed by atoms with Crippen LogP contribution in [0.1, 0.15) is 5.56 Å². The van der Waals surface area contributed by atoms with Crippen LogP contribution in [0, 0.1) is 5.82 Å². The van der Waals surface area contributed by atoms with Crippen molar-refractivity contribution >= 4 is 27.6 Å². The molecule has 0 saturated heterocycles. The second kappa shape index (κ2) is 9.10. The van der Waals surface area contributed by atoms with Gasteiger partial charge in [0, 0.05) is 12.2 Å². The first-order valence-corrected chi connectivity index (χ1v) is 9.38. The van der Waals surface area contributed by atoms with Gasteiger partial charge >= 0.3 is 6.03 Å². The summed E-state index contributed by atoms with van der Waals surface area (Å²) in [5.74, 6) is -0.840. The molecule has 2 aromatic rings. The van der Waals surface area contributed by atoms with E-state index in [1.807, 2.05) is 0 Å². The summed E-state index contributed by atoms with van der Waals surface area (Å²) in [7, 11) is -2.24. The molecule has 0 radical (unpaired) electrons. The zero-order valence-corrected chi connectivity index (χ0v) is 15.3. The van der Waals surface area contributed by atoms with E-state index in [0.717, 1.165) is 0 Å². The Morgan fingerprint density at radius 2 is 1.59 bits per heavy atom. The standard InChI is InChI=1S/C17H19FN4O4S/c1-19-27(25,26)15-8-6-14(7-9-15)22-16(23)11-21-17(24)20-10-12-2-4-13(18)5-3-12/h2-9,19H,10-11H2,1H3,(H,22,23)(H2,20,21,24). The number of carbonyl (C=O) groups is 2. The van der Waals surface area contributed by atoms with Crippen LogP contribution >= 0.6 is 0 Å². The summed E-state index contributed by atoms with van der Waals surface area (Å²) in [6.45, 7) is -0.0824. The number of urea groups is 1. The molecule has 0 saturated carbocycles. The van der Waals surface area contributed by atoms with Gasteiger partial charge in [-0.15, -0.1) is 0 Å². The third-order valence-corrected chi connectivity index (χ3v) is 4.92. The van der Waals surface area contributed by atoms with Gasteiger partial charge in [0.25, 0.3) is 0 Å². The van der Waals surface area contributed by atoms with E-state index in [0.29, 0.717) is 11.3 Å². The number of carbonyl (C=O) groups excluding carboxylic acids is 2. The van der Waals surface area contributed by atoms with Crippen molar-refractivity contribution < 1.29 is 22.4 Å². The van der Waals surface area contributed by atoms with Gasteiger partial charge in [-0.2, -0.15) is 0 Å². The highest BCUT2D eigenvalue weighted by molar-refractivity contribution is 7.89. The van der Waals surface area contributed by atoms with Gasteiger partial charge in [-0.25, -0.2) is 22.3 Å². The lowest BCUT2D eigenvalue weighted by molar-refractivity contribution is -0.115. The molecule has 4 N–H and O–H groups in total. The molecule has 0 aliphatic heterocycles. The molecule has 0 aliphatic carbocycles. The van der Waals surface area contributed by atoms with Crippen molar-refractivity contribution in [1.29, 1.82) is 0 Å². The van der Waals surface area contributed by atoms with Gasteiger partial charge < -0.3 is 16.0 Å². The maximum Gasteiger partial charge on any atom is 0.315 e. The SMILES string of the molecule is CNS(=O)(=O)c1ccc(NC(=O)CNC(=O)NCc2ccc(F)cc2)cc1. The molecule has 2 rings (SSSR count). The van der Waals surface area contributed by atoms with E-state index < -0.39 is 22.0 Å². The van der Waals surface area contributed by atoms with E-state index >= 15 is 0 Å². The molecule has 3 amide bonds. The second-order valence-electron chi connectivity index (χ2n) is 5.44. The molecule has 10 heteroatoms. The van der Waals surface area contributed by atoms with Gasteiger partial charge in [0.1, 0.15) is 5.82 Å². The van der Waals surface area contributed by atoms with Gasteiger partial charge in [0.05, 0.1) is 11.4 Å². The number of benzene rings is 2.